The van der Waals surface area contributed by atoms with E-state index >= 15 is 0 Å². The van der Waals surface area contributed by atoms with Crippen LogP contribution in [-0.4, -0.2) is 15.0 Å². The van der Waals surface area contributed by atoms with Crippen LogP contribution in [0.15, 0.2) is 48.9 Å². The molecule has 3 aromatic rings. The zero-order valence-corrected chi connectivity index (χ0v) is 14.7. The topological polar surface area (TPSA) is 37.8 Å². The van der Waals surface area contributed by atoms with Crippen molar-refractivity contribution in [1.82, 2.24) is 9.97 Å². The maximum Gasteiger partial charge on any atom is 0.131 e. The first kappa shape index (κ1) is 15.0. The van der Waals surface area contributed by atoms with E-state index in [0.717, 1.165) is 16.2 Å². The summed E-state index contributed by atoms with van der Waals surface area (Å²) in [5.74, 6) is 2.11. The molecular weight excluding hydrogens is 326 g/mol. The molecule has 25 heavy (non-hydrogen) atoms. The van der Waals surface area contributed by atoms with Gasteiger partial charge in [-0.1, -0.05) is 24.4 Å². The van der Waals surface area contributed by atoms with Crippen LogP contribution in [0.25, 0.3) is 21.9 Å². The molecule has 0 saturated heterocycles. The molecule has 5 rings (SSSR count). The van der Waals surface area contributed by atoms with E-state index in [0.29, 0.717) is 11.8 Å². The molecule has 2 aliphatic rings. The predicted molar refractivity (Wildman–Crippen MR) is 106 cm³/mol. The van der Waals surface area contributed by atoms with Gasteiger partial charge < -0.3 is 5.32 Å². The van der Waals surface area contributed by atoms with Gasteiger partial charge in [-0.25, -0.2) is 4.98 Å². The molecule has 0 bridgehead atoms. The van der Waals surface area contributed by atoms with Gasteiger partial charge in [0.05, 0.1) is 4.99 Å². The van der Waals surface area contributed by atoms with E-state index in [2.05, 4.69) is 45.6 Å². The van der Waals surface area contributed by atoms with Gasteiger partial charge in [0.15, 0.2) is 0 Å². The number of nitrogens with one attached hydrogen (secondary N) is 1. The molecule has 0 amide bonds. The zero-order chi connectivity index (χ0) is 16.8. The van der Waals surface area contributed by atoms with Gasteiger partial charge in [-0.05, 0) is 66.3 Å². The molecule has 2 heterocycles. The van der Waals surface area contributed by atoms with Gasteiger partial charge >= 0.3 is 0 Å². The van der Waals surface area contributed by atoms with Crippen molar-refractivity contribution in [2.75, 3.05) is 5.32 Å². The van der Waals surface area contributed by atoms with Gasteiger partial charge in [-0.15, -0.1) is 0 Å². The van der Waals surface area contributed by atoms with E-state index in [1.165, 1.54) is 47.8 Å². The minimum absolute atomic E-state index is 0.557. The lowest BCUT2D eigenvalue weighted by Crippen LogP contribution is -2.11. The number of rotatable bonds is 4. The largest absolute Gasteiger partial charge is 0.334 e. The summed E-state index contributed by atoms with van der Waals surface area (Å²) in [5, 5.41) is 5.61. The first-order valence-electron chi connectivity index (χ1n) is 8.93. The molecule has 1 N–H and O–H groups in total. The van der Waals surface area contributed by atoms with E-state index in [1.807, 2.05) is 18.6 Å². The number of hydrogen-bond acceptors (Lipinski definition) is 3. The molecule has 1 aromatic carbocycles. The molecule has 2 saturated carbocycles. The fourth-order valence-electron chi connectivity index (χ4n) is 3.35. The Kier molecular flexibility index (Phi) is 3.52. The Bertz CT molecular complexity index is 974. The van der Waals surface area contributed by atoms with Crippen LogP contribution in [0.1, 0.15) is 37.2 Å². The van der Waals surface area contributed by atoms with E-state index in [-0.39, 0.29) is 0 Å². The molecule has 124 valence electrons. The van der Waals surface area contributed by atoms with Crippen molar-refractivity contribution in [2.45, 2.75) is 31.6 Å². The Labute approximate surface area is 152 Å². The second-order valence-corrected chi connectivity index (χ2v) is 7.57. The molecular formula is C21H19N3S. The molecule has 4 heteroatoms. The second-order valence-electron chi connectivity index (χ2n) is 7.13. The van der Waals surface area contributed by atoms with Crippen LogP contribution in [0, 0.1) is 5.92 Å². The number of nitrogens with zero attached hydrogens (tertiary/aromatic N) is 2. The third-order valence-electron chi connectivity index (χ3n) is 5.10. The van der Waals surface area contributed by atoms with Crippen LogP contribution in [0.4, 0.5) is 5.82 Å². The average molecular weight is 345 g/mol. The number of fused-ring (bicyclic) bond motifs is 1. The lowest BCUT2D eigenvalue weighted by molar-refractivity contribution is 1.11. The van der Waals surface area contributed by atoms with Gasteiger partial charge in [0.25, 0.3) is 0 Å². The minimum atomic E-state index is 0.557. The molecule has 0 unspecified atom stereocenters. The SMILES string of the molecule is S=C(Nc1cc2ccc(-c3cnccc3C3CC3)cc2cn1)C1CC1. The van der Waals surface area contributed by atoms with Crippen molar-refractivity contribution in [1.29, 1.82) is 0 Å². The summed E-state index contributed by atoms with van der Waals surface area (Å²) < 4.78 is 0. The maximum atomic E-state index is 5.42. The van der Waals surface area contributed by atoms with Crippen LogP contribution in [0.3, 0.4) is 0 Å². The highest BCUT2D eigenvalue weighted by Gasteiger charge is 2.27. The van der Waals surface area contributed by atoms with Gasteiger partial charge in [0.1, 0.15) is 5.82 Å². The lowest BCUT2D eigenvalue weighted by Gasteiger charge is -2.10. The normalized spacial score (nSPS) is 16.8. The van der Waals surface area contributed by atoms with Gasteiger partial charge in [-0.3, -0.25) is 4.98 Å². The summed E-state index contributed by atoms with van der Waals surface area (Å²) >= 11 is 5.42. The number of thiocarbonyl (C=S) groups is 1. The fraction of sp³-hybridized carbons (Fsp3) is 0.286. The zero-order valence-electron chi connectivity index (χ0n) is 13.9. The first-order chi connectivity index (χ1) is 12.3. The highest BCUT2D eigenvalue weighted by atomic mass is 32.1. The van der Waals surface area contributed by atoms with Crippen LogP contribution in [0.5, 0.6) is 0 Å². The van der Waals surface area contributed by atoms with Gasteiger partial charge in [0.2, 0.25) is 0 Å². The Morgan fingerprint density at radius 3 is 2.68 bits per heavy atom. The Morgan fingerprint density at radius 2 is 1.88 bits per heavy atom. The number of benzene rings is 1. The first-order valence-corrected chi connectivity index (χ1v) is 9.34. The highest BCUT2D eigenvalue weighted by Crippen LogP contribution is 2.44. The van der Waals surface area contributed by atoms with E-state index in [4.69, 9.17) is 12.2 Å². The molecule has 2 fully saturated rings. The summed E-state index contributed by atoms with van der Waals surface area (Å²) in [5.41, 5.74) is 3.90. The Morgan fingerprint density at radius 1 is 1.00 bits per heavy atom. The average Bonchev–Trinajstić information content (AvgIpc) is 3.54. The number of aromatic nitrogens is 2. The van der Waals surface area contributed by atoms with Crippen LogP contribution < -0.4 is 5.32 Å². The summed E-state index contributed by atoms with van der Waals surface area (Å²) in [6.45, 7) is 0. The summed E-state index contributed by atoms with van der Waals surface area (Å²) in [4.78, 5) is 9.81. The highest BCUT2D eigenvalue weighted by molar-refractivity contribution is 7.80. The smallest absolute Gasteiger partial charge is 0.131 e. The number of pyridine rings is 2. The third kappa shape index (κ3) is 3.02. The molecule has 0 aliphatic heterocycles. The Hall–Kier alpha value is -2.33. The monoisotopic (exact) mass is 345 g/mol. The van der Waals surface area contributed by atoms with Crippen molar-refractivity contribution < 1.29 is 0 Å². The van der Waals surface area contributed by atoms with Crippen molar-refractivity contribution in [3.8, 4) is 11.1 Å². The molecule has 2 aliphatic carbocycles. The maximum absolute atomic E-state index is 5.42. The third-order valence-corrected chi connectivity index (χ3v) is 5.54. The Balaban J connectivity index is 1.49. The van der Waals surface area contributed by atoms with E-state index in [9.17, 15) is 0 Å². The van der Waals surface area contributed by atoms with Crippen molar-refractivity contribution >= 4 is 33.8 Å². The molecule has 2 aromatic heterocycles. The lowest BCUT2D eigenvalue weighted by atomic mass is 9.97. The van der Waals surface area contributed by atoms with Crippen molar-refractivity contribution in [2.24, 2.45) is 5.92 Å². The predicted octanol–water partition coefficient (Wildman–Crippen LogP) is 5.32. The molecule has 0 spiro atoms. The van der Waals surface area contributed by atoms with Crippen molar-refractivity contribution in [3.63, 3.8) is 0 Å². The van der Waals surface area contributed by atoms with Crippen LogP contribution in [-0.2, 0) is 0 Å². The van der Waals surface area contributed by atoms with Crippen LogP contribution >= 0.6 is 12.2 Å². The standard InChI is InChI=1S/C21H19N3S/c25-21(14-3-4-14)24-20-10-15-5-6-16(9-17(15)11-23-20)19-12-22-8-7-18(19)13-1-2-13/h5-14H,1-4H2,(H,23,24,25). The summed E-state index contributed by atoms with van der Waals surface area (Å²) in [7, 11) is 0. The molecule has 0 atom stereocenters. The van der Waals surface area contributed by atoms with E-state index < -0.39 is 0 Å². The van der Waals surface area contributed by atoms with Crippen LogP contribution in [0.2, 0.25) is 0 Å². The number of anilines is 1. The molecule has 3 nitrogen and oxygen atoms in total. The summed E-state index contributed by atoms with van der Waals surface area (Å²) in [6.07, 6.45) is 10.8. The summed E-state index contributed by atoms with van der Waals surface area (Å²) in [6, 6.07) is 10.8. The van der Waals surface area contributed by atoms with Gasteiger partial charge in [-0.2, -0.15) is 0 Å². The van der Waals surface area contributed by atoms with Gasteiger partial charge in [0, 0.05) is 35.5 Å². The van der Waals surface area contributed by atoms with Crippen molar-refractivity contribution in [3.05, 3.63) is 54.5 Å². The number of hydrogen-bond donors (Lipinski definition) is 1. The van der Waals surface area contributed by atoms with E-state index in [1.54, 1.807) is 0 Å². The minimum Gasteiger partial charge on any atom is -0.334 e. The fourth-order valence-corrected chi connectivity index (χ4v) is 3.69. The quantitative estimate of drug-likeness (QED) is 0.649. The second kappa shape index (κ2) is 5.88. The molecule has 0 radical (unpaired) electrons.